The highest BCUT2D eigenvalue weighted by molar-refractivity contribution is 6.02. The highest BCUT2D eigenvalue weighted by atomic mass is 16.5. The topological polar surface area (TPSA) is 83.8 Å². The Balaban J connectivity index is 1.79. The highest BCUT2D eigenvalue weighted by Gasteiger charge is 2.16. The van der Waals surface area contributed by atoms with Crippen molar-refractivity contribution < 1.29 is 24.5 Å². The van der Waals surface area contributed by atoms with Crippen molar-refractivity contribution in [1.29, 1.82) is 0 Å². The lowest BCUT2D eigenvalue weighted by molar-refractivity contribution is 0.0651. The van der Waals surface area contributed by atoms with Gasteiger partial charge in [-0.2, -0.15) is 0 Å². The lowest BCUT2D eigenvalue weighted by Gasteiger charge is -2.09. The van der Waals surface area contributed by atoms with Gasteiger partial charge in [0.15, 0.2) is 0 Å². The van der Waals surface area contributed by atoms with Crippen LogP contribution in [0.5, 0.6) is 5.75 Å². The zero-order valence-electron chi connectivity index (χ0n) is 13.8. The van der Waals surface area contributed by atoms with Gasteiger partial charge in [0.2, 0.25) is 0 Å². The van der Waals surface area contributed by atoms with Crippen molar-refractivity contribution in [3.05, 3.63) is 89.5 Å². The Morgan fingerprint density at radius 2 is 1.35 bits per heavy atom. The molecule has 0 unspecified atom stereocenters. The second kappa shape index (κ2) is 7.53. The molecule has 0 saturated heterocycles. The Morgan fingerprint density at radius 3 is 1.96 bits per heavy atom. The van der Waals surface area contributed by atoms with Gasteiger partial charge in [-0.25, -0.2) is 9.59 Å². The number of carbonyl (C=O) groups is 2. The van der Waals surface area contributed by atoms with Crippen molar-refractivity contribution in [3.8, 4) is 16.9 Å². The van der Waals surface area contributed by atoms with E-state index in [2.05, 4.69) is 0 Å². The van der Waals surface area contributed by atoms with Crippen LogP contribution >= 0.6 is 0 Å². The maximum Gasteiger partial charge on any atom is 0.336 e. The number of aromatic carboxylic acids is 2. The summed E-state index contributed by atoms with van der Waals surface area (Å²) < 4.78 is 5.72. The minimum Gasteiger partial charge on any atom is -0.489 e. The lowest BCUT2D eigenvalue weighted by atomic mass is 9.99. The summed E-state index contributed by atoms with van der Waals surface area (Å²) in [5.74, 6) is -1.84. The molecule has 5 heteroatoms. The van der Waals surface area contributed by atoms with Gasteiger partial charge in [-0.3, -0.25) is 0 Å². The quantitative estimate of drug-likeness (QED) is 0.693. The predicted molar refractivity (Wildman–Crippen MR) is 96.6 cm³/mol. The van der Waals surface area contributed by atoms with Crippen molar-refractivity contribution in [3.63, 3.8) is 0 Å². The van der Waals surface area contributed by atoms with Gasteiger partial charge in [-0.1, -0.05) is 48.5 Å². The third-order valence-corrected chi connectivity index (χ3v) is 3.92. The van der Waals surface area contributed by atoms with Gasteiger partial charge in [0, 0.05) is 0 Å². The zero-order valence-corrected chi connectivity index (χ0v) is 13.8. The van der Waals surface area contributed by atoms with Crippen LogP contribution < -0.4 is 4.74 Å². The molecule has 2 N–H and O–H groups in total. The molecular formula is C21H16O5. The van der Waals surface area contributed by atoms with Crippen LogP contribution in [-0.4, -0.2) is 22.2 Å². The molecule has 0 heterocycles. The van der Waals surface area contributed by atoms with Crippen LogP contribution in [0.25, 0.3) is 11.1 Å². The number of hydrogen-bond donors (Lipinski definition) is 2. The van der Waals surface area contributed by atoms with Gasteiger partial charge < -0.3 is 14.9 Å². The van der Waals surface area contributed by atoms with Gasteiger partial charge in [0.1, 0.15) is 12.4 Å². The van der Waals surface area contributed by atoms with Gasteiger partial charge in [-0.15, -0.1) is 0 Å². The molecular weight excluding hydrogens is 332 g/mol. The Hall–Kier alpha value is -3.60. The molecule has 130 valence electrons. The summed E-state index contributed by atoms with van der Waals surface area (Å²) in [6, 6.07) is 21.3. The molecule has 0 spiro atoms. The molecule has 0 bridgehead atoms. The molecule has 0 saturated carbocycles. The SMILES string of the molecule is O=C(O)c1ccc(-c2ccc(OCc3ccccc3)cc2)cc1C(=O)O. The van der Waals surface area contributed by atoms with E-state index in [4.69, 9.17) is 9.84 Å². The van der Waals surface area contributed by atoms with E-state index in [9.17, 15) is 14.7 Å². The van der Waals surface area contributed by atoms with Crippen LogP contribution in [0.4, 0.5) is 0 Å². The van der Waals surface area contributed by atoms with Crippen molar-refractivity contribution in [2.45, 2.75) is 6.61 Å². The molecule has 5 nitrogen and oxygen atoms in total. The summed E-state index contributed by atoms with van der Waals surface area (Å²) in [5.41, 5.74) is 1.99. The number of carboxylic acids is 2. The summed E-state index contributed by atoms with van der Waals surface area (Å²) >= 11 is 0. The van der Waals surface area contributed by atoms with Crippen molar-refractivity contribution in [2.75, 3.05) is 0 Å². The molecule has 3 rings (SSSR count). The number of benzene rings is 3. The fraction of sp³-hybridized carbons (Fsp3) is 0.0476. The second-order valence-corrected chi connectivity index (χ2v) is 5.67. The van der Waals surface area contributed by atoms with E-state index >= 15 is 0 Å². The van der Waals surface area contributed by atoms with Crippen LogP contribution in [-0.2, 0) is 6.61 Å². The smallest absolute Gasteiger partial charge is 0.336 e. The summed E-state index contributed by atoms with van der Waals surface area (Å²) in [4.78, 5) is 22.4. The monoisotopic (exact) mass is 348 g/mol. The maximum absolute atomic E-state index is 11.3. The maximum atomic E-state index is 11.3. The first kappa shape index (κ1) is 17.2. The Kier molecular flexibility index (Phi) is 4.99. The molecule has 0 fully saturated rings. The van der Waals surface area contributed by atoms with Crippen LogP contribution in [0.3, 0.4) is 0 Å². The van der Waals surface area contributed by atoms with E-state index in [1.54, 1.807) is 18.2 Å². The Bertz CT molecular complexity index is 930. The van der Waals surface area contributed by atoms with E-state index < -0.39 is 11.9 Å². The minimum atomic E-state index is -1.27. The number of carboxylic acid groups (broad SMARTS) is 2. The average Bonchev–Trinajstić information content (AvgIpc) is 2.67. The molecule has 0 aliphatic rings. The summed E-state index contributed by atoms with van der Waals surface area (Å²) in [6.07, 6.45) is 0. The van der Waals surface area contributed by atoms with Crippen LogP contribution in [0.2, 0.25) is 0 Å². The van der Waals surface area contributed by atoms with Gasteiger partial charge in [-0.05, 0) is 41.0 Å². The first-order valence-corrected chi connectivity index (χ1v) is 7.92. The van der Waals surface area contributed by atoms with Crippen molar-refractivity contribution >= 4 is 11.9 Å². The zero-order chi connectivity index (χ0) is 18.5. The van der Waals surface area contributed by atoms with E-state index in [0.717, 1.165) is 11.1 Å². The fourth-order valence-corrected chi connectivity index (χ4v) is 2.57. The fourth-order valence-electron chi connectivity index (χ4n) is 2.57. The van der Waals surface area contributed by atoms with Crippen LogP contribution in [0.15, 0.2) is 72.8 Å². The Labute approximate surface area is 150 Å². The lowest BCUT2D eigenvalue weighted by Crippen LogP contribution is -2.07. The molecule has 0 atom stereocenters. The summed E-state index contributed by atoms with van der Waals surface area (Å²) in [6.45, 7) is 0.455. The number of ether oxygens (including phenoxy) is 1. The van der Waals surface area contributed by atoms with E-state index in [1.807, 2.05) is 42.5 Å². The third-order valence-electron chi connectivity index (χ3n) is 3.92. The molecule has 0 radical (unpaired) electrons. The Morgan fingerprint density at radius 1 is 0.731 bits per heavy atom. The number of hydrogen-bond acceptors (Lipinski definition) is 3. The van der Waals surface area contributed by atoms with E-state index in [-0.39, 0.29) is 11.1 Å². The number of rotatable bonds is 6. The predicted octanol–water partition coefficient (Wildman–Crippen LogP) is 4.33. The largest absolute Gasteiger partial charge is 0.489 e. The van der Waals surface area contributed by atoms with Gasteiger partial charge >= 0.3 is 11.9 Å². The van der Waals surface area contributed by atoms with Gasteiger partial charge in [0.05, 0.1) is 11.1 Å². The molecule has 0 aliphatic carbocycles. The molecule has 0 aliphatic heterocycles. The highest BCUT2D eigenvalue weighted by Crippen LogP contribution is 2.25. The van der Waals surface area contributed by atoms with E-state index in [1.165, 1.54) is 12.1 Å². The van der Waals surface area contributed by atoms with Crippen molar-refractivity contribution in [1.82, 2.24) is 0 Å². The van der Waals surface area contributed by atoms with Gasteiger partial charge in [0.25, 0.3) is 0 Å². The first-order valence-electron chi connectivity index (χ1n) is 7.92. The summed E-state index contributed by atoms with van der Waals surface area (Å²) in [7, 11) is 0. The molecule has 3 aromatic rings. The normalized spacial score (nSPS) is 10.3. The van der Waals surface area contributed by atoms with Crippen LogP contribution in [0, 0.1) is 0 Å². The molecule has 3 aromatic carbocycles. The first-order chi connectivity index (χ1) is 12.5. The van der Waals surface area contributed by atoms with Crippen LogP contribution in [0.1, 0.15) is 26.3 Å². The third kappa shape index (κ3) is 3.89. The van der Waals surface area contributed by atoms with E-state index in [0.29, 0.717) is 17.9 Å². The molecule has 0 amide bonds. The second-order valence-electron chi connectivity index (χ2n) is 5.67. The minimum absolute atomic E-state index is 0.232. The molecule has 0 aromatic heterocycles. The average molecular weight is 348 g/mol. The van der Waals surface area contributed by atoms with Crippen molar-refractivity contribution in [2.24, 2.45) is 0 Å². The molecule has 26 heavy (non-hydrogen) atoms. The summed E-state index contributed by atoms with van der Waals surface area (Å²) in [5, 5.41) is 18.3. The standard InChI is InChI=1S/C21H16O5/c22-20(23)18-11-8-16(12-19(18)21(24)25)15-6-9-17(10-7-15)26-13-14-4-2-1-3-5-14/h1-12H,13H2,(H,22,23)(H,24,25).